The largest absolute Gasteiger partial charge is 0.384 e. The van der Waals surface area contributed by atoms with Crippen LogP contribution >= 0.6 is 0 Å². The number of hydrogen-bond acceptors (Lipinski definition) is 2. The highest BCUT2D eigenvalue weighted by Crippen LogP contribution is 2.26. The van der Waals surface area contributed by atoms with Crippen molar-refractivity contribution in [2.24, 2.45) is 0 Å². The third-order valence-corrected chi connectivity index (χ3v) is 3.10. The van der Waals surface area contributed by atoms with Crippen molar-refractivity contribution >= 4 is 5.69 Å². The van der Waals surface area contributed by atoms with Crippen molar-refractivity contribution < 1.29 is 0 Å². The Balaban J connectivity index is 2.64. The van der Waals surface area contributed by atoms with Crippen LogP contribution in [0.25, 0.3) is 0 Å². The van der Waals surface area contributed by atoms with Crippen LogP contribution < -0.4 is 10.6 Å². The van der Waals surface area contributed by atoms with Gasteiger partial charge in [-0.05, 0) is 29.5 Å². The fraction of sp³-hybridized carbons (Fsp3) is 0.625. The molecule has 0 unspecified atom stereocenters. The summed E-state index contributed by atoms with van der Waals surface area (Å²) in [5, 5.41) is 6.94. The first-order chi connectivity index (χ1) is 8.30. The number of rotatable bonds is 5. The minimum atomic E-state index is 0.209. The summed E-state index contributed by atoms with van der Waals surface area (Å²) in [7, 11) is 0. The van der Waals surface area contributed by atoms with E-state index in [9.17, 15) is 0 Å². The number of nitrogens with one attached hydrogen (secondary N) is 2. The van der Waals surface area contributed by atoms with Crippen LogP contribution in [0.5, 0.6) is 0 Å². The van der Waals surface area contributed by atoms with E-state index in [1.165, 1.54) is 16.8 Å². The van der Waals surface area contributed by atoms with Crippen molar-refractivity contribution in [1.82, 2.24) is 5.32 Å². The Hall–Kier alpha value is -1.02. The summed E-state index contributed by atoms with van der Waals surface area (Å²) in [5.41, 5.74) is 4.16. The topological polar surface area (TPSA) is 24.1 Å². The molecule has 0 spiro atoms. The smallest absolute Gasteiger partial charge is 0.0373 e. The predicted octanol–water partition coefficient (Wildman–Crippen LogP) is 3.70. The Bertz CT molecular complexity index is 375. The van der Waals surface area contributed by atoms with Crippen molar-refractivity contribution in [3.63, 3.8) is 0 Å². The standard InChI is InChI=1S/C16H28N2/c1-12(2)17-9-10-18-15-11-14(16(4,5)6)8-7-13(15)3/h7-8,11-12,17-18H,9-10H2,1-6H3. The Labute approximate surface area is 112 Å². The number of benzene rings is 1. The monoisotopic (exact) mass is 248 g/mol. The van der Waals surface area contributed by atoms with Gasteiger partial charge in [0.25, 0.3) is 0 Å². The Morgan fingerprint density at radius 1 is 1.11 bits per heavy atom. The second kappa shape index (κ2) is 6.24. The molecule has 0 saturated heterocycles. The van der Waals surface area contributed by atoms with E-state index >= 15 is 0 Å². The van der Waals surface area contributed by atoms with Gasteiger partial charge in [0, 0.05) is 24.8 Å². The molecule has 0 saturated carbocycles. The van der Waals surface area contributed by atoms with Gasteiger partial charge in [-0.2, -0.15) is 0 Å². The molecule has 2 heteroatoms. The van der Waals surface area contributed by atoms with Crippen LogP contribution in [0.4, 0.5) is 5.69 Å². The molecule has 1 rings (SSSR count). The Morgan fingerprint density at radius 2 is 1.78 bits per heavy atom. The Kier molecular flexibility index (Phi) is 5.21. The van der Waals surface area contributed by atoms with Crippen LogP contribution in [0.3, 0.4) is 0 Å². The van der Waals surface area contributed by atoms with Gasteiger partial charge < -0.3 is 10.6 Å². The van der Waals surface area contributed by atoms with Crippen molar-refractivity contribution in [2.75, 3.05) is 18.4 Å². The molecule has 0 aliphatic heterocycles. The molecule has 1 aromatic carbocycles. The molecule has 0 aliphatic carbocycles. The quantitative estimate of drug-likeness (QED) is 0.776. The van der Waals surface area contributed by atoms with Gasteiger partial charge >= 0.3 is 0 Å². The molecule has 0 radical (unpaired) electrons. The average molecular weight is 248 g/mol. The maximum absolute atomic E-state index is 3.52. The van der Waals surface area contributed by atoms with Crippen molar-refractivity contribution in [2.45, 2.75) is 53.0 Å². The first-order valence-electron chi connectivity index (χ1n) is 6.89. The van der Waals surface area contributed by atoms with E-state index in [-0.39, 0.29) is 5.41 Å². The van der Waals surface area contributed by atoms with E-state index < -0.39 is 0 Å². The molecule has 0 aliphatic rings. The highest BCUT2D eigenvalue weighted by atomic mass is 15.0. The van der Waals surface area contributed by atoms with E-state index in [1.54, 1.807) is 0 Å². The molecule has 0 amide bonds. The SMILES string of the molecule is Cc1ccc(C(C)(C)C)cc1NCCNC(C)C. The van der Waals surface area contributed by atoms with E-state index in [0.29, 0.717) is 6.04 Å². The summed E-state index contributed by atoms with van der Waals surface area (Å²) in [4.78, 5) is 0. The van der Waals surface area contributed by atoms with Gasteiger partial charge in [0.15, 0.2) is 0 Å². The van der Waals surface area contributed by atoms with Crippen LogP contribution in [0.1, 0.15) is 45.7 Å². The summed E-state index contributed by atoms with van der Waals surface area (Å²) >= 11 is 0. The molecule has 0 aromatic heterocycles. The molecule has 102 valence electrons. The van der Waals surface area contributed by atoms with Gasteiger partial charge in [-0.15, -0.1) is 0 Å². The van der Waals surface area contributed by atoms with Gasteiger partial charge in [0.1, 0.15) is 0 Å². The lowest BCUT2D eigenvalue weighted by Crippen LogP contribution is -2.28. The zero-order valence-corrected chi connectivity index (χ0v) is 12.7. The van der Waals surface area contributed by atoms with Crippen LogP contribution in [0.2, 0.25) is 0 Å². The Morgan fingerprint density at radius 3 is 2.33 bits per heavy atom. The van der Waals surface area contributed by atoms with Crippen LogP contribution in [0.15, 0.2) is 18.2 Å². The highest BCUT2D eigenvalue weighted by molar-refractivity contribution is 5.53. The molecule has 0 fully saturated rings. The fourth-order valence-electron chi connectivity index (χ4n) is 1.84. The van der Waals surface area contributed by atoms with E-state index in [2.05, 4.69) is 70.4 Å². The summed E-state index contributed by atoms with van der Waals surface area (Å²) in [6.07, 6.45) is 0. The van der Waals surface area contributed by atoms with Crippen molar-refractivity contribution in [1.29, 1.82) is 0 Å². The molecule has 0 bridgehead atoms. The third-order valence-electron chi connectivity index (χ3n) is 3.10. The van der Waals surface area contributed by atoms with E-state index in [1.807, 2.05) is 0 Å². The summed E-state index contributed by atoms with van der Waals surface area (Å²) in [6, 6.07) is 7.27. The van der Waals surface area contributed by atoms with Crippen molar-refractivity contribution in [3.05, 3.63) is 29.3 Å². The maximum atomic E-state index is 3.52. The number of anilines is 1. The second-order valence-corrected chi connectivity index (χ2v) is 6.32. The average Bonchev–Trinajstić information content (AvgIpc) is 2.24. The molecular formula is C16H28N2. The molecule has 1 aromatic rings. The van der Waals surface area contributed by atoms with E-state index in [4.69, 9.17) is 0 Å². The van der Waals surface area contributed by atoms with Gasteiger partial charge in [-0.25, -0.2) is 0 Å². The molecule has 18 heavy (non-hydrogen) atoms. The maximum Gasteiger partial charge on any atom is 0.0373 e. The number of aryl methyl sites for hydroxylation is 1. The fourth-order valence-corrected chi connectivity index (χ4v) is 1.84. The zero-order valence-electron chi connectivity index (χ0n) is 12.7. The zero-order chi connectivity index (χ0) is 13.8. The van der Waals surface area contributed by atoms with Crippen LogP contribution in [-0.4, -0.2) is 19.1 Å². The highest BCUT2D eigenvalue weighted by Gasteiger charge is 2.14. The van der Waals surface area contributed by atoms with Gasteiger partial charge in [-0.3, -0.25) is 0 Å². The lowest BCUT2D eigenvalue weighted by atomic mass is 9.86. The molecule has 2 N–H and O–H groups in total. The lowest BCUT2D eigenvalue weighted by Gasteiger charge is -2.21. The molecular weight excluding hydrogens is 220 g/mol. The lowest BCUT2D eigenvalue weighted by molar-refractivity contribution is 0.590. The van der Waals surface area contributed by atoms with Gasteiger partial charge in [0.05, 0.1) is 0 Å². The van der Waals surface area contributed by atoms with Crippen LogP contribution in [-0.2, 0) is 5.41 Å². The van der Waals surface area contributed by atoms with Crippen molar-refractivity contribution in [3.8, 4) is 0 Å². The summed E-state index contributed by atoms with van der Waals surface area (Å²) < 4.78 is 0. The molecule has 0 atom stereocenters. The summed E-state index contributed by atoms with van der Waals surface area (Å²) in [6.45, 7) is 15.2. The minimum Gasteiger partial charge on any atom is -0.384 e. The second-order valence-electron chi connectivity index (χ2n) is 6.32. The first-order valence-corrected chi connectivity index (χ1v) is 6.89. The molecule has 0 heterocycles. The molecule has 2 nitrogen and oxygen atoms in total. The predicted molar refractivity (Wildman–Crippen MR) is 81.5 cm³/mol. The van der Waals surface area contributed by atoms with E-state index in [0.717, 1.165) is 13.1 Å². The first kappa shape index (κ1) is 15.0. The summed E-state index contributed by atoms with van der Waals surface area (Å²) in [5.74, 6) is 0. The van der Waals surface area contributed by atoms with Crippen LogP contribution in [0, 0.1) is 6.92 Å². The third kappa shape index (κ3) is 4.69. The number of hydrogen-bond donors (Lipinski definition) is 2. The minimum absolute atomic E-state index is 0.209. The normalized spacial score (nSPS) is 11.9. The van der Waals surface area contributed by atoms with Gasteiger partial charge in [0.2, 0.25) is 0 Å². The van der Waals surface area contributed by atoms with Gasteiger partial charge in [-0.1, -0.05) is 46.8 Å².